The highest BCUT2D eigenvalue weighted by atomic mass is 14.1. The Morgan fingerprint density at radius 1 is 1.54 bits per heavy atom. The molecular weight excluding hydrogens is 156 g/mol. The van der Waals surface area contributed by atoms with Gasteiger partial charge in [-0.2, -0.15) is 0 Å². The fraction of sp³-hybridized carbons (Fsp3) is 0.692. The number of hydrogen-bond acceptors (Lipinski definition) is 0. The highest BCUT2D eigenvalue weighted by molar-refractivity contribution is 5.08. The van der Waals surface area contributed by atoms with Gasteiger partial charge in [0.1, 0.15) is 0 Å². The zero-order valence-corrected chi connectivity index (χ0v) is 9.27. The standard InChI is InChI=1S/C13H22/c1-11(2)5-4-6-13-9-7-12(3)8-10-13/h5,9,12H,4,6-8,10H2,1-3H3. The van der Waals surface area contributed by atoms with Crippen molar-refractivity contribution in [3.8, 4) is 0 Å². The average molecular weight is 178 g/mol. The highest BCUT2D eigenvalue weighted by Crippen LogP contribution is 2.25. The molecule has 0 radical (unpaired) electrons. The van der Waals surface area contributed by atoms with Gasteiger partial charge in [-0.1, -0.05) is 30.2 Å². The van der Waals surface area contributed by atoms with Crippen LogP contribution in [-0.4, -0.2) is 0 Å². The Morgan fingerprint density at radius 2 is 2.31 bits per heavy atom. The van der Waals surface area contributed by atoms with Crippen LogP contribution in [-0.2, 0) is 0 Å². The smallest absolute Gasteiger partial charge is 0.0285 e. The summed E-state index contributed by atoms with van der Waals surface area (Å²) in [6, 6.07) is 0. The predicted molar refractivity (Wildman–Crippen MR) is 59.8 cm³/mol. The summed E-state index contributed by atoms with van der Waals surface area (Å²) >= 11 is 0. The van der Waals surface area contributed by atoms with Crippen LogP contribution in [0, 0.1) is 5.92 Å². The van der Waals surface area contributed by atoms with E-state index in [0.29, 0.717) is 0 Å². The van der Waals surface area contributed by atoms with E-state index in [1.807, 2.05) is 0 Å². The minimum atomic E-state index is 0.923. The van der Waals surface area contributed by atoms with Gasteiger partial charge >= 0.3 is 0 Å². The van der Waals surface area contributed by atoms with Crippen molar-refractivity contribution in [2.24, 2.45) is 5.92 Å². The Bertz CT molecular complexity index is 204. The monoisotopic (exact) mass is 178 g/mol. The molecule has 0 aliphatic heterocycles. The van der Waals surface area contributed by atoms with Gasteiger partial charge in [0.05, 0.1) is 0 Å². The third-order valence-corrected chi connectivity index (χ3v) is 2.79. The zero-order valence-electron chi connectivity index (χ0n) is 9.27. The van der Waals surface area contributed by atoms with Crippen LogP contribution in [0.4, 0.5) is 0 Å². The topological polar surface area (TPSA) is 0 Å². The molecule has 0 aromatic heterocycles. The minimum absolute atomic E-state index is 0.923. The maximum atomic E-state index is 2.47. The van der Waals surface area contributed by atoms with E-state index in [0.717, 1.165) is 5.92 Å². The molecule has 0 spiro atoms. The molecule has 1 aliphatic carbocycles. The molecule has 0 N–H and O–H groups in total. The first-order chi connectivity index (χ1) is 6.18. The van der Waals surface area contributed by atoms with Gasteiger partial charge in [0, 0.05) is 0 Å². The molecule has 0 amide bonds. The summed E-state index contributed by atoms with van der Waals surface area (Å²) in [6.45, 7) is 6.71. The van der Waals surface area contributed by atoms with Crippen LogP contribution in [0.5, 0.6) is 0 Å². The lowest BCUT2D eigenvalue weighted by molar-refractivity contribution is 0.506. The van der Waals surface area contributed by atoms with Gasteiger partial charge in [-0.05, 0) is 51.9 Å². The Balaban J connectivity index is 2.26. The molecule has 0 fully saturated rings. The molecular formula is C13H22. The molecule has 1 rings (SSSR count). The quantitative estimate of drug-likeness (QED) is 0.559. The molecule has 74 valence electrons. The van der Waals surface area contributed by atoms with Gasteiger partial charge in [0.2, 0.25) is 0 Å². The summed E-state index contributed by atoms with van der Waals surface area (Å²) in [5, 5.41) is 0. The van der Waals surface area contributed by atoms with Crippen molar-refractivity contribution in [2.75, 3.05) is 0 Å². The molecule has 13 heavy (non-hydrogen) atoms. The first kappa shape index (κ1) is 10.6. The Morgan fingerprint density at radius 3 is 2.85 bits per heavy atom. The summed E-state index contributed by atoms with van der Waals surface area (Å²) in [6.07, 6.45) is 11.4. The van der Waals surface area contributed by atoms with Gasteiger partial charge < -0.3 is 0 Å². The molecule has 0 aromatic rings. The lowest BCUT2D eigenvalue weighted by Gasteiger charge is -2.17. The van der Waals surface area contributed by atoms with E-state index >= 15 is 0 Å². The Labute approximate surface area is 82.7 Å². The predicted octanol–water partition coefficient (Wildman–Crippen LogP) is 4.48. The lowest BCUT2D eigenvalue weighted by Crippen LogP contribution is -2.01. The van der Waals surface area contributed by atoms with Crippen LogP contribution in [0.1, 0.15) is 52.9 Å². The molecule has 0 heterocycles. The first-order valence-electron chi connectivity index (χ1n) is 5.49. The third kappa shape index (κ3) is 4.31. The molecule has 0 heteroatoms. The minimum Gasteiger partial charge on any atom is -0.0856 e. The SMILES string of the molecule is CC(C)=CCCC1=CCC(C)CC1. The van der Waals surface area contributed by atoms with E-state index in [1.54, 1.807) is 5.57 Å². The van der Waals surface area contributed by atoms with Gasteiger partial charge in [-0.25, -0.2) is 0 Å². The van der Waals surface area contributed by atoms with E-state index < -0.39 is 0 Å². The second kappa shape index (κ2) is 5.26. The van der Waals surface area contributed by atoms with Crippen molar-refractivity contribution in [1.29, 1.82) is 0 Å². The summed E-state index contributed by atoms with van der Waals surface area (Å²) in [5.41, 5.74) is 3.14. The molecule has 1 aliphatic rings. The van der Waals surface area contributed by atoms with Crippen LogP contribution in [0.2, 0.25) is 0 Å². The lowest BCUT2D eigenvalue weighted by atomic mass is 9.89. The van der Waals surface area contributed by atoms with Crippen LogP contribution >= 0.6 is 0 Å². The summed E-state index contributed by atoms with van der Waals surface area (Å²) < 4.78 is 0. The molecule has 0 nitrogen and oxygen atoms in total. The van der Waals surface area contributed by atoms with E-state index in [2.05, 4.69) is 32.9 Å². The maximum Gasteiger partial charge on any atom is -0.0285 e. The van der Waals surface area contributed by atoms with Gasteiger partial charge in [-0.15, -0.1) is 0 Å². The van der Waals surface area contributed by atoms with Crippen molar-refractivity contribution >= 4 is 0 Å². The van der Waals surface area contributed by atoms with Crippen LogP contribution < -0.4 is 0 Å². The largest absolute Gasteiger partial charge is 0.0856 e. The fourth-order valence-electron chi connectivity index (χ4n) is 1.79. The van der Waals surface area contributed by atoms with Crippen molar-refractivity contribution in [3.63, 3.8) is 0 Å². The van der Waals surface area contributed by atoms with Crippen molar-refractivity contribution in [1.82, 2.24) is 0 Å². The van der Waals surface area contributed by atoms with Gasteiger partial charge in [0.15, 0.2) is 0 Å². The maximum absolute atomic E-state index is 2.47. The first-order valence-corrected chi connectivity index (χ1v) is 5.49. The zero-order chi connectivity index (χ0) is 9.68. The van der Waals surface area contributed by atoms with E-state index in [1.165, 1.54) is 37.7 Å². The Kier molecular flexibility index (Phi) is 4.27. The normalized spacial score (nSPS) is 22.4. The number of rotatable bonds is 3. The van der Waals surface area contributed by atoms with Crippen molar-refractivity contribution in [2.45, 2.75) is 52.9 Å². The second-order valence-corrected chi connectivity index (χ2v) is 4.56. The number of allylic oxidation sites excluding steroid dienone is 4. The Hall–Kier alpha value is -0.520. The van der Waals surface area contributed by atoms with E-state index in [9.17, 15) is 0 Å². The molecule has 0 bridgehead atoms. The van der Waals surface area contributed by atoms with Gasteiger partial charge in [-0.3, -0.25) is 0 Å². The highest BCUT2D eigenvalue weighted by Gasteiger charge is 2.08. The number of hydrogen-bond donors (Lipinski definition) is 0. The molecule has 1 unspecified atom stereocenters. The van der Waals surface area contributed by atoms with Crippen LogP contribution in [0.15, 0.2) is 23.3 Å². The molecule has 0 saturated carbocycles. The molecule has 0 saturated heterocycles. The van der Waals surface area contributed by atoms with Gasteiger partial charge in [0.25, 0.3) is 0 Å². The third-order valence-electron chi connectivity index (χ3n) is 2.79. The summed E-state index contributed by atoms with van der Waals surface area (Å²) in [4.78, 5) is 0. The summed E-state index contributed by atoms with van der Waals surface area (Å²) in [5.74, 6) is 0.923. The average Bonchev–Trinajstić information content (AvgIpc) is 2.08. The second-order valence-electron chi connectivity index (χ2n) is 4.56. The van der Waals surface area contributed by atoms with E-state index in [-0.39, 0.29) is 0 Å². The van der Waals surface area contributed by atoms with Crippen LogP contribution in [0.3, 0.4) is 0 Å². The van der Waals surface area contributed by atoms with Crippen molar-refractivity contribution < 1.29 is 0 Å². The van der Waals surface area contributed by atoms with E-state index in [4.69, 9.17) is 0 Å². The molecule has 1 atom stereocenters. The fourth-order valence-corrected chi connectivity index (χ4v) is 1.79. The van der Waals surface area contributed by atoms with Crippen molar-refractivity contribution in [3.05, 3.63) is 23.3 Å². The van der Waals surface area contributed by atoms with Crippen LogP contribution in [0.25, 0.3) is 0 Å². The summed E-state index contributed by atoms with van der Waals surface area (Å²) in [7, 11) is 0. The molecule has 0 aromatic carbocycles.